The van der Waals surface area contributed by atoms with E-state index in [0.29, 0.717) is 18.8 Å². The molecule has 2 aromatic heterocycles. The number of H-pyrrole nitrogens is 1. The van der Waals surface area contributed by atoms with Crippen molar-refractivity contribution in [3.05, 3.63) is 83.8 Å². The van der Waals surface area contributed by atoms with Gasteiger partial charge in [0.25, 0.3) is 5.91 Å². The summed E-state index contributed by atoms with van der Waals surface area (Å²) in [4.78, 5) is 17.3. The summed E-state index contributed by atoms with van der Waals surface area (Å²) in [7, 11) is 0. The van der Waals surface area contributed by atoms with Crippen molar-refractivity contribution in [2.75, 3.05) is 31.1 Å². The Morgan fingerprint density at radius 3 is 2.25 bits per heavy atom. The van der Waals surface area contributed by atoms with Crippen molar-refractivity contribution in [1.29, 1.82) is 0 Å². The molecule has 1 aliphatic rings. The van der Waals surface area contributed by atoms with Gasteiger partial charge in [0.15, 0.2) is 0 Å². The Morgan fingerprint density at radius 2 is 1.56 bits per heavy atom. The predicted octanol–water partition coefficient (Wildman–Crippen LogP) is 3.84. The first-order valence-corrected chi connectivity index (χ1v) is 10.9. The number of rotatable bonds is 4. The van der Waals surface area contributed by atoms with Gasteiger partial charge in [0, 0.05) is 31.7 Å². The summed E-state index contributed by atoms with van der Waals surface area (Å²) in [6.07, 6.45) is 0. The number of anilines is 1. The molecule has 4 aromatic rings. The van der Waals surface area contributed by atoms with E-state index in [2.05, 4.69) is 41.1 Å². The molecular weight excluding hydrogens is 400 g/mol. The third-order valence-electron chi connectivity index (χ3n) is 6.01. The highest BCUT2D eigenvalue weighted by atomic mass is 16.2. The monoisotopic (exact) mass is 426 g/mol. The number of aromatic amines is 1. The van der Waals surface area contributed by atoms with Crippen molar-refractivity contribution < 1.29 is 4.79 Å². The lowest BCUT2D eigenvalue weighted by atomic mass is 10.1. The number of aromatic nitrogens is 4. The van der Waals surface area contributed by atoms with E-state index in [9.17, 15) is 4.79 Å². The fourth-order valence-corrected chi connectivity index (χ4v) is 4.40. The van der Waals surface area contributed by atoms with Crippen molar-refractivity contribution >= 4 is 11.6 Å². The van der Waals surface area contributed by atoms with Gasteiger partial charge >= 0.3 is 0 Å². The van der Waals surface area contributed by atoms with Crippen molar-refractivity contribution in [2.24, 2.45) is 0 Å². The number of para-hydroxylation sites is 1. The van der Waals surface area contributed by atoms with Crippen LogP contribution in [0.25, 0.3) is 16.9 Å². The van der Waals surface area contributed by atoms with Crippen LogP contribution in [0.4, 0.5) is 5.69 Å². The van der Waals surface area contributed by atoms with Gasteiger partial charge in [-0.2, -0.15) is 10.2 Å². The van der Waals surface area contributed by atoms with Gasteiger partial charge in [0.2, 0.25) is 0 Å². The maximum atomic E-state index is 13.0. The Kier molecular flexibility index (Phi) is 5.23. The number of hydrogen-bond donors (Lipinski definition) is 1. The summed E-state index contributed by atoms with van der Waals surface area (Å²) in [5, 5.41) is 12.0. The van der Waals surface area contributed by atoms with Crippen molar-refractivity contribution in [2.45, 2.75) is 13.8 Å². The molecule has 0 unspecified atom stereocenters. The first-order chi connectivity index (χ1) is 15.6. The van der Waals surface area contributed by atoms with Gasteiger partial charge in [0.1, 0.15) is 5.69 Å². The molecule has 5 rings (SSSR count). The molecule has 0 saturated carbocycles. The van der Waals surface area contributed by atoms with Gasteiger partial charge in [-0.05, 0) is 32.0 Å². The van der Waals surface area contributed by atoms with Gasteiger partial charge in [-0.1, -0.05) is 48.5 Å². The number of carbonyl (C=O) groups excluding carboxylic acids is 1. The minimum absolute atomic E-state index is 0.00671. The molecule has 1 saturated heterocycles. The summed E-state index contributed by atoms with van der Waals surface area (Å²) in [5.41, 5.74) is 6.65. The molecule has 7 nitrogen and oxygen atoms in total. The minimum atomic E-state index is -0.00671. The van der Waals surface area contributed by atoms with Crippen LogP contribution in [0.2, 0.25) is 0 Å². The maximum Gasteiger partial charge on any atom is 0.272 e. The van der Waals surface area contributed by atoms with Crippen LogP contribution < -0.4 is 4.90 Å². The quantitative estimate of drug-likeness (QED) is 0.538. The van der Waals surface area contributed by atoms with Gasteiger partial charge < -0.3 is 9.80 Å². The third kappa shape index (κ3) is 3.66. The molecule has 2 aromatic carbocycles. The Balaban J connectivity index is 1.28. The minimum Gasteiger partial charge on any atom is -0.365 e. The number of nitrogens with zero attached hydrogens (tertiary/aromatic N) is 5. The Bertz CT molecular complexity index is 1220. The topological polar surface area (TPSA) is 70.1 Å². The lowest BCUT2D eigenvalue weighted by molar-refractivity contribution is 0.0741. The van der Waals surface area contributed by atoms with E-state index in [4.69, 9.17) is 5.10 Å². The number of aryl methyl sites for hydroxylation is 1. The molecule has 0 aliphatic carbocycles. The molecule has 1 amide bonds. The summed E-state index contributed by atoms with van der Waals surface area (Å²) < 4.78 is 2.00. The van der Waals surface area contributed by atoms with E-state index in [1.54, 1.807) is 0 Å². The molecule has 162 valence electrons. The fourth-order valence-electron chi connectivity index (χ4n) is 4.40. The van der Waals surface area contributed by atoms with E-state index in [1.807, 2.05) is 64.2 Å². The van der Waals surface area contributed by atoms with Gasteiger partial charge in [-0.25, -0.2) is 4.68 Å². The standard InChI is InChI=1S/C25H26N6O/c1-18-24(19(2)31(28-18)21-11-7-4-8-12-21)29-13-15-30(16-14-29)25(32)23-17-22(26-27-23)20-9-5-3-6-10-20/h3-12,17H,13-16H2,1-2H3,(H,26,27). The van der Waals surface area contributed by atoms with E-state index in [-0.39, 0.29) is 5.91 Å². The zero-order valence-corrected chi connectivity index (χ0v) is 18.3. The molecular formula is C25H26N6O. The second-order valence-corrected chi connectivity index (χ2v) is 8.08. The number of amides is 1. The molecule has 7 heteroatoms. The van der Waals surface area contributed by atoms with Crippen LogP contribution in [0.5, 0.6) is 0 Å². The SMILES string of the molecule is Cc1nn(-c2ccccc2)c(C)c1N1CCN(C(=O)c2cc(-c3ccccc3)n[nH]2)CC1. The van der Waals surface area contributed by atoms with E-state index in [0.717, 1.165) is 47.1 Å². The van der Waals surface area contributed by atoms with Gasteiger partial charge in [-0.15, -0.1) is 0 Å². The summed E-state index contributed by atoms with van der Waals surface area (Å²) in [6.45, 7) is 7.02. The van der Waals surface area contributed by atoms with E-state index in [1.165, 1.54) is 0 Å². The molecule has 0 radical (unpaired) electrons. The number of nitrogens with one attached hydrogen (secondary N) is 1. The van der Waals surface area contributed by atoms with Crippen LogP contribution in [0.15, 0.2) is 66.7 Å². The highest BCUT2D eigenvalue weighted by molar-refractivity contribution is 5.93. The highest BCUT2D eigenvalue weighted by Crippen LogP contribution is 2.28. The average molecular weight is 427 g/mol. The maximum absolute atomic E-state index is 13.0. The fraction of sp³-hybridized carbons (Fsp3) is 0.240. The van der Waals surface area contributed by atoms with E-state index < -0.39 is 0 Å². The first kappa shape index (κ1) is 20.1. The van der Waals surface area contributed by atoms with Crippen molar-refractivity contribution in [3.8, 4) is 16.9 Å². The second kappa shape index (κ2) is 8.34. The smallest absolute Gasteiger partial charge is 0.272 e. The molecule has 0 bridgehead atoms. The Morgan fingerprint density at radius 1 is 0.906 bits per heavy atom. The molecule has 32 heavy (non-hydrogen) atoms. The predicted molar refractivity (Wildman–Crippen MR) is 125 cm³/mol. The number of benzene rings is 2. The molecule has 1 N–H and O–H groups in total. The lowest BCUT2D eigenvalue weighted by Gasteiger charge is -2.36. The van der Waals surface area contributed by atoms with Crippen LogP contribution in [-0.4, -0.2) is 57.0 Å². The summed E-state index contributed by atoms with van der Waals surface area (Å²) >= 11 is 0. The second-order valence-electron chi connectivity index (χ2n) is 8.08. The average Bonchev–Trinajstić information content (AvgIpc) is 3.45. The van der Waals surface area contributed by atoms with Crippen molar-refractivity contribution in [3.63, 3.8) is 0 Å². The molecule has 0 spiro atoms. The molecule has 0 atom stereocenters. The highest BCUT2D eigenvalue weighted by Gasteiger charge is 2.27. The molecule has 1 aliphatic heterocycles. The largest absolute Gasteiger partial charge is 0.365 e. The van der Waals surface area contributed by atoms with Crippen LogP contribution in [0, 0.1) is 13.8 Å². The molecule has 3 heterocycles. The molecule has 1 fully saturated rings. The third-order valence-corrected chi connectivity index (χ3v) is 6.01. The number of carbonyl (C=O) groups is 1. The van der Waals surface area contributed by atoms with Crippen LogP contribution in [0.1, 0.15) is 21.9 Å². The summed E-state index contributed by atoms with van der Waals surface area (Å²) in [6, 6.07) is 21.9. The normalized spacial score (nSPS) is 14.1. The van der Waals surface area contributed by atoms with E-state index >= 15 is 0 Å². The Hall–Kier alpha value is -3.87. The van der Waals surface area contributed by atoms with Gasteiger partial charge in [0.05, 0.1) is 28.5 Å². The zero-order valence-electron chi connectivity index (χ0n) is 18.3. The van der Waals surface area contributed by atoms with Gasteiger partial charge in [-0.3, -0.25) is 9.89 Å². The summed E-state index contributed by atoms with van der Waals surface area (Å²) in [5.74, 6) is -0.00671. The van der Waals surface area contributed by atoms with Crippen molar-refractivity contribution in [1.82, 2.24) is 24.9 Å². The van der Waals surface area contributed by atoms with Crippen LogP contribution in [0.3, 0.4) is 0 Å². The van der Waals surface area contributed by atoms with Crippen LogP contribution >= 0.6 is 0 Å². The lowest BCUT2D eigenvalue weighted by Crippen LogP contribution is -2.49. The number of hydrogen-bond acceptors (Lipinski definition) is 4. The Labute approximate surface area is 187 Å². The first-order valence-electron chi connectivity index (χ1n) is 10.9. The van der Waals surface area contributed by atoms with Crippen LogP contribution in [-0.2, 0) is 0 Å². The zero-order chi connectivity index (χ0) is 22.1. The number of piperazine rings is 1.